The second-order valence-electron chi connectivity index (χ2n) is 3.90. The Balaban J connectivity index is 2.34. The first-order valence-corrected chi connectivity index (χ1v) is 5.19. The molecule has 0 aliphatic rings. The molecule has 2 aromatic rings. The zero-order chi connectivity index (χ0) is 12.4. The second-order valence-corrected chi connectivity index (χ2v) is 3.90. The number of rotatable bonds is 2. The molecule has 86 valence electrons. The molecule has 1 aromatic heterocycles. The van der Waals surface area contributed by atoms with Crippen LogP contribution in [0.3, 0.4) is 0 Å². The van der Waals surface area contributed by atoms with Crippen LogP contribution in [0.2, 0.25) is 0 Å². The van der Waals surface area contributed by atoms with Gasteiger partial charge in [0, 0.05) is 0 Å². The van der Waals surface area contributed by atoms with Gasteiger partial charge in [0.25, 0.3) is 0 Å². The molecule has 0 aliphatic carbocycles. The van der Waals surface area contributed by atoms with Crippen LogP contribution in [0, 0.1) is 18.3 Å². The van der Waals surface area contributed by atoms with Crippen molar-refractivity contribution in [2.75, 3.05) is 11.5 Å². The lowest BCUT2D eigenvalue weighted by atomic mass is 10.1. The number of benzene rings is 1. The SMILES string of the molecule is Cc1cccc(Cn2nc(N)c(C#N)c2N)c1. The van der Waals surface area contributed by atoms with Crippen molar-refractivity contribution in [3.05, 3.63) is 41.0 Å². The third-order valence-corrected chi connectivity index (χ3v) is 2.55. The number of nitrogen functional groups attached to an aromatic ring is 2. The maximum Gasteiger partial charge on any atom is 0.165 e. The van der Waals surface area contributed by atoms with Crippen LogP contribution < -0.4 is 11.5 Å². The van der Waals surface area contributed by atoms with E-state index in [1.54, 1.807) is 4.68 Å². The van der Waals surface area contributed by atoms with Crippen LogP contribution in [-0.2, 0) is 6.54 Å². The number of anilines is 2. The first-order chi connectivity index (χ1) is 8.11. The fourth-order valence-electron chi connectivity index (χ4n) is 1.71. The molecule has 1 heterocycles. The minimum Gasteiger partial charge on any atom is -0.383 e. The lowest BCUT2D eigenvalue weighted by Crippen LogP contribution is -2.06. The van der Waals surface area contributed by atoms with Gasteiger partial charge in [0.2, 0.25) is 0 Å². The van der Waals surface area contributed by atoms with Crippen molar-refractivity contribution in [2.24, 2.45) is 0 Å². The Morgan fingerprint density at radius 2 is 2.18 bits per heavy atom. The van der Waals surface area contributed by atoms with Gasteiger partial charge in [-0.25, -0.2) is 4.68 Å². The number of nitrogens with two attached hydrogens (primary N) is 2. The molecule has 4 N–H and O–H groups in total. The number of hydrogen-bond donors (Lipinski definition) is 2. The van der Waals surface area contributed by atoms with Crippen molar-refractivity contribution in [2.45, 2.75) is 13.5 Å². The summed E-state index contributed by atoms with van der Waals surface area (Å²) in [6.07, 6.45) is 0. The average Bonchev–Trinajstić information content (AvgIpc) is 2.54. The third kappa shape index (κ3) is 2.06. The minimum atomic E-state index is 0.178. The van der Waals surface area contributed by atoms with Crippen molar-refractivity contribution < 1.29 is 0 Å². The monoisotopic (exact) mass is 227 g/mol. The van der Waals surface area contributed by atoms with Crippen LogP contribution >= 0.6 is 0 Å². The van der Waals surface area contributed by atoms with Crippen LogP contribution in [-0.4, -0.2) is 9.78 Å². The van der Waals surface area contributed by atoms with E-state index in [1.165, 1.54) is 5.56 Å². The Kier molecular flexibility index (Phi) is 2.71. The van der Waals surface area contributed by atoms with Gasteiger partial charge in [-0.1, -0.05) is 29.8 Å². The van der Waals surface area contributed by atoms with E-state index in [2.05, 4.69) is 5.10 Å². The predicted octanol–water partition coefficient (Wildman–Crippen LogP) is 1.28. The van der Waals surface area contributed by atoms with E-state index in [0.717, 1.165) is 5.56 Å². The predicted molar refractivity (Wildman–Crippen MR) is 66.0 cm³/mol. The molecule has 0 aliphatic heterocycles. The van der Waals surface area contributed by atoms with Gasteiger partial charge in [0.05, 0.1) is 6.54 Å². The van der Waals surface area contributed by atoms with Crippen LogP contribution in [0.5, 0.6) is 0 Å². The van der Waals surface area contributed by atoms with Crippen LogP contribution in [0.15, 0.2) is 24.3 Å². The van der Waals surface area contributed by atoms with Crippen molar-refractivity contribution in [3.63, 3.8) is 0 Å². The van der Waals surface area contributed by atoms with E-state index >= 15 is 0 Å². The highest BCUT2D eigenvalue weighted by Gasteiger charge is 2.12. The Labute approximate surface area is 99.3 Å². The van der Waals surface area contributed by atoms with Crippen LogP contribution in [0.25, 0.3) is 0 Å². The minimum absolute atomic E-state index is 0.178. The van der Waals surface area contributed by atoms with Crippen molar-refractivity contribution >= 4 is 11.6 Å². The van der Waals surface area contributed by atoms with E-state index in [0.29, 0.717) is 12.4 Å². The molecule has 17 heavy (non-hydrogen) atoms. The number of aromatic nitrogens is 2. The Morgan fingerprint density at radius 1 is 1.41 bits per heavy atom. The largest absolute Gasteiger partial charge is 0.383 e. The molecular formula is C12H13N5. The summed E-state index contributed by atoms with van der Waals surface area (Å²) in [5.74, 6) is 0.490. The van der Waals surface area contributed by atoms with Gasteiger partial charge in [-0.2, -0.15) is 10.4 Å². The number of aryl methyl sites for hydroxylation is 1. The lowest BCUT2D eigenvalue weighted by molar-refractivity contribution is 0.700. The van der Waals surface area contributed by atoms with E-state index < -0.39 is 0 Å². The molecule has 0 saturated carbocycles. The summed E-state index contributed by atoms with van der Waals surface area (Å²) >= 11 is 0. The molecule has 0 spiro atoms. The molecule has 0 saturated heterocycles. The van der Waals surface area contributed by atoms with Crippen LogP contribution in [0.4, 0.5) is 11.6 Å². The van der Waals surface area contributed by atoms with Gasteiger partial charge < -0.3 is 11.5 Å². The summed E-state index contributed by atoms with van der Waals surface area (Å²) in [6, 6.07) is 9.97. The third-order valence-electron chi connectivity index (χ3n) is 2.55. The zero-order valence-electron chi connectivity index (χ0n) is 9.51. The molecular weight excluding hydrogens is 214 g/mol. The van der Waals surface area contributed by atoms with E-state index in [-0.39, 0.29) is 11.4 Å². The molecule has 5 nitrogen and oxygen atoms in total. The highest BCUT2D eigenvalue weighted by molar-refractivity contribution is 5.61. The van der Waals surface area contributed by atoms with Gasteiger partial charge in [-0.05, 0) is 12.5 Å². The van der Waals surface area contributed by atoms with Gasteiger partial charge in [0.1, 0.15) is 17.5 Å². The molecule has 5 heteroatoms. The molecule has 2 rings (SSSR count). The highest BCUT2D eigenvalue weighted by atomic mass is 15.3. The topological polar surface area (TPSA) is 93.6 Å². The number of nitrogens with zero attached hydrogens (tertiary/aromatic N) is 3. The maximum absolute atomic E-state index is 8.86. The molecule has 0 fully saturated rings. The molecule has 0 bridgehead atoms. The van der Waals surface area contributed by atoms with Crippen molar-refractivity contribution in [1.29, 1.82) is 5.26 Å². The fraction of sp³-hybridized carbons (Fsp3) is 0.167. The average molecular weight is 227 g/mol. The lowest BCUT2D eigenvalue weighted by Gasteiger charge is -2.04. The highest BCUT2D eigenvalue weighted by Crippen LogP contribution is 2.18. The molecule has 0 unspecified atom stereocenters. The Morgan fingerprint density at radius 3 is 2.76 bits per heavy atom. The molecule has 0 amide bonds. The fourth-order valence-corrected chi connectivity index (χ4v) is 1.71. The first kappa shape index (κ1) is 11.0. The number of nitriles is 1. The van der Waals surface area contributed by atoms with Crippen LogP contribution in [0.1, 0.15) is 16.7 Å². The zero-order valence-corrected chi connectivity index (χ0v) is 9.51. The van der Waals surface area contributed by atoms with E-state index in [4.69, 9.17) is 16.7 Å². The van der Waals surface area contributed by atoms with E-state index in [1.807, 2.05) is 37.3 Å². The van der Waals surface area contributed by atoms with Gasteiger partial charge in [-0.3, -0.25) is 0 Å². The molecule has 0 atom stereocenters. The maximum atomic E-state index is 8.86. The van der Waals surface area contributed by atoms with Gasteiger partial charge >= 0.3 is 0 Å². The van der Waals surface area contributed by atoms with E-state index in [9.17, 15) is 0 Å². The quantitative estimate of drug-likeness (QED) is 0.808. The summed E-state index contributed by atoms with van der Waals surface area (Å²) in [4.78, 5) is 0. The molecule has 0 radical (unpaired) electrons. The van der Waals surface area contributed by atoms with Crippen molar-refractivity contribution in [3.8, 4) is 6.07 Å². The summed E-state index contributed by atoms with van der Waals surface area (Å²) in [7, 11) is 0. The molecule has 1 aromatic carbocycles. The van der Waals surface area contributed by atoms with Crippen molar-refractivity contribution in [1.82, 2.24) is 9.78 Å². The summed E-state index contributed by atoms with van der Waals surface area (Å²) in [6.45, 7) is 2.53. The summed E-state index contributed by atoms with van der Waals surface area (Å²) in [5.41, 5.74) is 13.9. The standard InChI is InChI=1S/C12H13N5/c1-8-3-2-4-9(5-8)7-17-12(15)10(6-13)11(14)16-17/h2-5H,7,15H2,1H3,(H2,14,16). The number of hydrogen-bond acceptors (Lipinski definition) is 4. The first-order valence-electron chi connectivity index (χ1n) is 5.19. The normalized spacial score (nSPS) is 10.1. The second kappa shape index (κ2) is 4.18. The summed E-state index contributed by atoms with van der Waals surface area (Å²) < 4.78 is 1.54. The smallest absolute Gasteiger partial charge is 0.165 e. The van der Waals surface area contributed by atoms with Gasteiger partial charge in [-0.15, -0.1) is 0 Å². The van der Waals surface area contributed by atoms with Gasteiger partial charge in [0.15, 0.2) is 5.82 Å². The Hall–Kier alpha value is -2.48. The summed E-state index contributed by atoms with van der Waals surface area (Å²) in [5, 5.41) is 12.9. The Bertz CT molecular complexity index is 591.